The van der Waals surface area contributed by atoms with E-state index in [1.807, 2.05) is 0 Å². The summed E-state index contributed by atoms with van der Waals surface area (Å²) < 4.78 is 11.5. The molecule has 0 aromatic heterocycles. The quantitative estimate of drug-likeness (QED) is 0.605. The zero-order valence-electron chi connectivity index (χ0n) is 15.7. The van der Waals surface area contributed by atoms with Gasteiger partial charge in [-0.05, 0) is 41.8 Å². The van der Waals surface area contributed by atoms with Crippen molar-refractivity contribution in [2.24, 2.45) is 5.92 Å². The van der Waals surface area contributed by atoms with Gasteiger partial charge in [-0.2, -0.15) is 0 Å². The number of ether oxygens (including phenoxy) is 2. The smallest absolute Gasteiger partial charge is 0.224 e. The van der Waals surface area contributed by atoms with Gasteiger partial charge in [-0.15, -0.1) is 0 Å². The van der Waals surface area contributed by atoms with E-state index in [1.165, 1.54) is 7.11 Å². The molecular weight excluding hydrogens is 384 g/mol. The number of hydrogen-bond donors (Lipinski definition) is 4. The van der Waals surface area contributed by atoms with Crippen molar-refractivity contribution in [3.63, 3.8) is 0 Å². The number of halogens is 1. The molecule has 0 saturated carbocycles. The van der Waals surface area contributed by atoms with Crippen LogP contribution in [-0.4, -0.2) is 52.5 Å². The lowest BCUT2D eigenvalue weighted by molar-refractivity contribution is -0.358. The second-order valence-corrected chi connectivity index (χ2v) is 7.56. The number of aliphatic hydroxyl groups is 3. The molecule has 0 unspecified atom stereocenters. The van der Waals surface area contributed by atoms with E-state index in [2.05, 4.69) is 0 Å². The Morgan fingerprint density at radius 3 is 2.43 bits per heavy atom. The average molecular weight is 409 g/mol. The van der Waals surface area contributed by atoms with E-state index in [1.54, 1.807) is 49.4 Å². The molecule has 1 saturated heterocycles. The van der Waals surface area contributed by atoms with Crippen LogP contribution in [0.25, 0.3) is 0 Å². The topological polar surface area (TPSA) is 99.4 Å². The number of aliphatic hydroxyl groups excluding tert-OH is 3. The number of hydrogen-bond acceptors (Lipinski definition) is 6. The first kappa shape index (κ1) is 21.0. The normalized spacial score (nSPS) is 30.4. The SMILES string of the molecule is CO[C@@]1(c2ccc(Cl)c(Cc3ccc(O)cc3)c2)O[C@H](CO)[C@@H](C)[C@H](O)[C@H]1O. The molecule has 3 rings (SSSR count). The van der Waals surface area contributed by atoms with Crippen LogP contribution in [0.15, 0.2) is 42.5 Å². The van der Waals surface area contributed by atoms with Crippen LogP contribution < -0.4 is 0 Å². The number of rotatable bonds is 5. The lowest BCUT2D eigenvalue weighted by atomic mass is 9.83. The standard InChI is InChI=1S/C21H25ClO6/c1-12-18(11-23)28-21(27-2,20(26)19(12)25)15-5-8-17(22)14(10-15)9-13-3-6-16(24)7-4-13/h3-8,10,12,18-20,23-26H,9,11H2,1-2H3/t12-,18-,19+,20-,21+/m1/s1. The molecule has 152 valence electrons. The summed E-state index contributed by atoms with van der Waals surface area (Å²) in [6.45, 7) is 1.39. The van der Waals surface area contributed by atoms with Gasteiger partial charge >= 0.3 is 0 Å². The van der Waals surface area contributed by atoms with Crippen LogP contribution in [0.4, 0.5) is 0 Å². The van der Waals surface area contributed by atoms with Crippen LogP contribution in [0.3, 0.4) is 0 Å². The van der Waals surface area contributed by atoms with Gasteiger partial charge in [0.05, 0.1) is 18.8 Å². The Morgan fingerprint density at radius 2 is 1.82 bits per heavy atom. The number of aromatic hydroxyl groups is 1. The van der Waals surface area contributed by atoms with Crippen molar-refractivity contribution in [1.82, 2.24) is 0 Å². The summed E-state index contributed by atoms with van der Waals surface area (Å²) in [5, 5.41) is 40.9. The fourth-order valence-electron chi connectivity index (χ4n) is 3.62. The molecule has 0 bridgehead atoms. The van der Waals surface area contributed by atoms with Gasteiger partial charge < -0.3 is 29.9 Å². The van der Waals surface area contributed by atoms with E-state index in [9.17, 15) is 20.4 Å². The largest absolute Gasteiger partial charge is 0.508 e. The molecule has 2 aromatic carbocycles. The minimum Gasteiger partial charge on any atom is -0.508 e. The number of methoxy groups -OCH3 is 1. The molecular formula is C21H25ClO6. The molecule has 1 aliphatic rings. The molecule has 5 atom stereocenters. The molecule has 1 aliphatic heterocycles. The Labute approximate surface area is 168 Å². The Kier molecular flexibility index (Phi) is 6.29. The van der Waals surface area contributed by atoms with E-state index in [4.69, 9.17) is 21.1 Å². The minimum atomic E-state index is -1.63. The first-order chi connectivity index (χ1) is 13.3. The first-order valence-corrected chi connectivity index (χ1v) is 9.47. The van der Waals surface area contributed by atoms with E-state index in [0.29, 0.717) is 17.0 Å². The van der Waals surface area contributed by atoms with Crippen LogP contribution in [0.1, 0.15) is 23.6 Å². The van der Waals surface area contributed by atoms with Gasteiger partial charge in [-0.3, -0.25) is 0 Å². The number of phenolic OH excluding ortho intramolecular Hbond substituents is 1. The molecule has 0 amide bonds. The van der Waals surface area contributed by atoms with Crippen LogP contribution in [-0.2, 0) is 21.7 Å². The van der Waals surface area contributed by atoms with Crippen LogP contribution in [0.5, 0.6) is 5.75 Å². The maximum Gasteiger partial charge on any atom is 0.224 e. The van der Waals surface area contributed by atoms with E-state index >= 15 is 0 Å². The molecule has 4 N–H and O–H groups in total. The zero-order valence-corrected chi connectivity index (χ0v) is 16.5. The first-order valence-electron chi connectivity index (χ1n) is 9.09. The van der Waals surface area contributed by atoms with E-state index in [-0.39, 0.29) is 12.4 Å². The summed E-state index contributed by atoms with van der Waals surface area (Å²) in [4.78, 5) is 0. The summed E-state index contributed by atoms with van der Waals surface area (Å²) >= 11 is 6.37. The minimum absolute atomic E-state index is 0.179. The molecule has 1 heterocycles. The highest BCUT2D eigenvalue weighted by Crippen LogP contribution is 2.42. The number of benzene rings is 2. The third-order valence-corrected chi connectivity index (χ3v) is 5.80. The fourth-order valence-corrected chi connectivity index (χ4v) is 3.81. The summed E-state index contributed by atoms with van der Waals surface area (Å²) in [6, 6.07) is 11.9. The Bertz CT molecular complexity index is 809. The van der Waals surface area contributed by atoms with Gasteiger partial charge in [0.25, 0.3) is 0 Å². The maximum atomic E-state index is 10.8. The van der Waals surface area contributed by atoms with Gasteiger partial charge in [-0.25, -0.2) is 0 Å². The highest BCUT2D eigenvalue weighted by Gasteiger charge is 2.54. The van der Waals surface area contributed by atoms with Crippen molar-refractivity contribution < 1.29 is 29.9 Å². The summed E-state index contributed by atoms with van der Waals surface area (Å²) in [6.07, 6.45) is -2.69. The molecule has 6 nitrogen and oxygen atoms in total. The second kappa shape index (κ2) is 8.37. The van der Waals surface area contributed by atoms with Crippen molar-refractivity contribution in [3.05, 3.63) is 64.2 Å². The van der Waals surface area contributed by atoms with Gasteiger partial charge in [0.1, 0.15) is 11.9 Å². The van der Waals surface area contributed by atoms with E-state index < -0.39 is 30.0 Å². The van der Waals surface area contributed by atoms with Crippen LogP contribution in [0.2, 0.25) is 5.02 Å². The average Bonchev–Trinajstić information content (AvgIpc) is 2.70. The third-order valence-electron chi connectivity index (χ3n) is 5.43. The highest BCUT2D eigenvalue weighted by atomic mass is 35.5. The third kappa shape index (κ3) is 3.76. The monoisotopic (exact) mass is 408 g/mol. The summed E-state index contributed by atoms with van der Waals surface area (Å²) in [7, 11) is 1.38. The molecule has 1 fully saturated rings. The predicted molar refractivity (Wildman–Crippen MR) is 104 cm³/mol. The molecule has 0 aliphatic carbocycles. The summed E-state index contributed by atoms with van der Waals surface area (Å²) in [5.41, 5.74) is 2.20. The molecule has 28 heavy (non-hydrogen) atoms. The maximum absolute atomic E-state index is 10.8. The Balaban J connectivity index is 2.00. The Morgan fingerprint density at radius 1 is 1.14 bits per heavy atom. The van der Waals surface area contributed by atoms with Crippen molar-refractivity contribution in [2.45, 2.75) is 37.4 Å². The van der Waals surface area contributed by atoms with Crippen LogP contribution >= 0.6 is 11.6 Å². The van der Waals surface area contributed by atoms with Gasteiger partial charge in [0.2, 0.25) is 5.79 Å². The Hall–Kier alpha value is -1.67. The van der Waals surface area contributed by atoms with Crippen molar-refractivity contribution in [3.8, 4) is 5.75 Å². The summed E-state index contributed by atoms with van der Waals surface area (Å²) in [5.74, 6) is -1.92. The van der Waals surface area contributed by atoms with Crippen molar-refractivity contribution in [2.75, 3.05) is 13.7 Å². The van der Waals surface area contributed by atoms with Crippen molar-refractivity contribution in [1.29, 1.82) is 0 Å². The van der Waals surface area contributed by atoms with Crippen molar-refractivity contribution >= 4 is 11.6 Å². The molecule has 2 aromatic rings. The van der Waals surface area contributed by atoms with Crippen LogP contribution in [0, 0.1) is 5.92 Å². The van der Waals surface area contributed by atoms with Gasteiger partial charge in [0, 0.05) is 23.6 Å². The molecule has 0 radical (unpaired) electrons. The zero-order chi connectivity index (χ0) is 20.5. The molecule has 0 spiro atoms. The lowest BCUT2D eigenvalue weighted by Gasteiger charge is -2.48. The predicted octanol–water partition coefficient (Wildman–Crippen LogP) is 2.18. The molecule has 7 heteroatoms. The number of phenols is 1. The lowest BCUT2D eigenvalue weighted by Crippen LogP contribution is -2.61. The van der Waals surface area contributed by atoms with E-state index in [0.717, 1.165) is 11.1 Å². The fraction of sp³-hybridized carbons (Fsp3) is 0.429. The highest BCUT2D eigenvalue weighted by molar-refractivity contribution is 6.31. The second-order valence-electron chi connectivity index (χ2n) is 7.15. The van der Waals surface area contributed by atoms with Gasteiger partial charge in [-0.1, -0.05) is 36.7 Å². The van der Waals surface area contributed by atoms with Gasteiger partial charge in [0.15, 0.2) is 0 Å².